The number of aliphatic hydroxyl groups excluding tert-OH is 1. The van der Waals surface area contributed by atoms with Crippen molar-refractivity contribution in [2.75, 3.05) is 31.2 Å². The number of ether oxygens (including phenoxy) is 2. The van der Waals surface area contributed by atoms with E-state index < -0.39 is 5.60 Å². The molecule has 3 rings (SSSR count). The number of carbonyl (C=O) groups excluding carboxylic acids is 4. The molecule has 246 valence electrons. The number of carbonyl (C=O) groups is 4. The van der Waals surface area contributed by atoms with Crippen LogP contribution in [0.15, 0.2) is 29.3 Å². The van der Waals surface area contributed by atoms with E-state index in [-0.39, 0.29) is 60.5 Å². The number of amides is 2. The van der Waals surface area contributed by atoms with Gasteiger partial charge in [0.25, 0.3) is 0 Å². The Kier molecular flexibility index (Phi) is 15.0. The minimum Gasteiger partial charge on any atom is -0.484 e. The SMILES string of the molecule is CC1CCc2ccccc2N(CC(=O)OC(C)(C)C)C1=O.CCOC=NC(CC(=O)NCCCO)CC1(C(C)=O)CCCC1. The van der Waals surface area contributed by atoms with Crippen molar-refractivity contribution in [2.24, 2.45) is 16.3 Å². The number of nitrogens with one attached hydrogen (secondary N) is 1. The number of para-hydroxylation sites is 1. The standard InChI is InChI=1S/C17H30N2O4.C17H23NO3/c1-3-23-13-19-15(11-16(22)18-9-6-10-20)12-17(14(2)21)7-4-5-8-17;1-12-9-10-13-7-5-6-8-14(13)18(16(12)20)11-15(19)21-17(2,3)4/h13,15,20H,3-12H2,1-2H3,(H,18,22);5-8,12H,9-11H2,1-4H3. The number of ketones is 1. The predicted octanol–water partition coefficient (Wildman–Crippen LogP) is 4.79. The first-order valence-corrected chi connectivity index (χ1v) is 15.9. The molecular formula is C34H53N3O7. The number of benzene rings is 1. The van der Waals surface area contributed by atoms with Gasteiger partial charge in [-0.25, -0.2) is 0 Å². The zero-order valence-electron chi connectivity index (χ0n) is 27.5. The van der Waals surface area contributed by atoms with E-state index in [1.165, 1.54) is 6.40 Å². The van der Waals surface area contributed by atoms with Crippen molar-refractivity contribution in [1.29, 1.82) is 0 Å². The highest BCUT2D eigenvalue weighted by atomic mass is 16.6. The van der Waals surface area contributed by atoms with Gasteiger partial charge in [0.15, 0.2) is 6.40 Å². The van der Waals surface area contributed by atoms with Crippen molar-refractivity contribution < 1.29 is 33.8 Å². The number of nitrogens with zero attached hydrogens (tertiary/aromatic N) is 2. The number of fused-ring (bicyclic) bond motifs is 1. The van der Waals surface area contributed by atoms with E-state index in [4.69, 9.17) is 14.6 Å². The number of rotatable bonds is 13. The van der Waals surface area contributed by atoms with Gasteiger partial charge in [-0.05, 0) is 84.8 Å². The number of esters is 1. The van der Waals surface area contributed by atoms with Gasteiger partial charge in [0, 0.05) is 36.6 Å². The minimum atomic E-state index is -0.545. The molecule has 1 aliphatic carbocycles. The molecule has 1 fully saturated rings. The molecular weight excluding hydrogens is 562 g/mol. The first kappa shape index (κ1) is 36.9. The molecule has 2 atom stereocenters. The smallest absolute Gasteiger partial charge is 0.326 e. The van der Waals surface area contributed by atoms with Gasteiger partial charge in [0.1, 0.15) is 17.9 Å². The molecule has 2 unspecified atom stereocenters. The fourth-order valence-electron chi connectivity index (χ4n) is 5.71. The minimum absolute atomic E-state index is 0.00851. The van der Waals surface area contributed by atoms with Crippen molar-refractivity contribution >= 4 is 35.7 Å². The zero-order valence-corrected chi connectivity index (χ0v) is 27.5. The van der Waals surface area contributed by atoms with E-state index in [2.05, 4.69) is 10.3 Å². The van der Waals surface area contributed by atoms with Gasteiger partial charge in [-0.15, -0.1) is 0 Å². The van der Waals surface area contributed by atoms with Crippen LogP contribution in [0.2, 0.25) is 0 Å². The van der Waals surface area contributed by atoms with Crippen molar-refractivity contribution in [1.82, 2.24) is 5.32 Å². The first-order chi connectivity index (χ1) is 20.8. The van der Waals surface area contributed by atoms with E-state index in [0.29, 0.717) is 26.0 Å². The summed E-state index contributed by atoms with van der Waals surface area (Å²) in [7, 11) is 0. The number of hydrogen-bond acceptors (Lipinski definition) is 8. The number of Topliss-reactive ketones (excluding diaryl/α,β-unsaturated/α-hetero) is 1. The van der Waals surface area contributed by atoms with E-state index in [1.54, 1.807) is 11.8 Å². The Bertz CT molecular complexity index is 1120. The molecule has 10 nitrogen and oxygen atoms in total. The zero-order chi connectivity index (χ0) is 32.8. The summed E-state index contributed by atoms with van der Waals surface area (Å²) in [6, 6.07) is 7.52. The second-order valence-corrected chi connectivity index (χ2v) is 12.8. The highest BCUT2D eigenvalue weighted by Crippen LogP contribution is 2.43. The fraction of sp³-hybridized carbons (Fsp3) is 0.676. The molecule has 0 radical (unpaired) electrons. The second kappa shape index (κ2) is 17.9. The second-order valence-electron chi connectivity index (χ2n) is 12.8. The van der Waals surface area contributed by atoms with Crippen LogP contribution in [0.3, 0.4) is 0 Å². The monoisotopic (exact) mass is 615 g/mol. The van der Waals surface area contributed by atoms with Gasteiger partial charge in [0.05, 0.1) is 12.6 Å². The molecule has 1 aromatic carbocycles. The van der Waals surface area contributed by atoms with Crippen LogP contribution >= 0.6 is 0 Å². The lowest BCUT2D eigenvalue weighted by Crippen LogP contribution is -2.40. The molecule has 0 spiro atoms. The molecule has 44 heavy (non-hydrogen) atoms. The van der Waals surface area contributed by atoms with Crippen molar-refractivity contribution in [3.63, 3.8) is 0 Å². The van der Waals surface area contributed by atoms with E-state index in [1.807, 2.05) is 58.9 Å². The first-order valence-electron chi connectivity index (χ1n) is 15.9. The maximum atomic E-state index is 12.5. The Labute approximate surface area is 263 Å². The molecule has 2 N–H and O–H groups in total. The third-order valence-electron chi connectivity index (χ3n) is 8.05. The molecule has 1 heterocycles. The maximum absolute atomic E-state index is 12.5. The van der Waals surface area contributed by atoms with Crippen LogP contribution in [0.1, 0.15) is 98.5 Å². The average Bonchev–Trinajstić information content (AvgIpc) is 3.40. The summed E-state index contributed by atoms with van der Waals surface area (Å²) in [5.74, 6) is -0.369. The molecule has 2 amide bonds. The van der Waals surface area contributed by atoms with Crippen molar-refractivity contribution in [3.8, 4) is 0 Å². The van der Waals surface area contributed by atoms with E-state index in [9.17, 15) is 19.2 Å². The number of aliphatic hydroxyl groups is 1. The summed E-state index contributed by atoms with van der Waals surface area (Å²) >= 11 is 0. The summed E-state index contributed by atoms with van der Waals surface area (Å²) in [6.45, 7) is 11.9. The normalized spacial score (nSPS) is 18.5. The Morgan fingerprint density at radius 3 is 2.50 bits per heavy atom. The van der Waals surface area contributed by atoms with Crippen molar-refractivity contribution in [3.05, 3.63) is 29.8 Å². The topological polar surface area (TPSA) is 135 Å². The molecule has 0 aromatic heterocycles. The van der Waals surface area contributed by atoms with Gasteiger partial charge in [-0.2, -0.15) is 0 Å². The van der Waals surface area contributed by atoms with Gasteiger partial charge in [0.2, 0.25) is 11.8 Å². The lowest BCUT2D eigenvalue weighted by molar-refractivity contribution is -0.153. The van der Waals surface area contributed by atoms with E-state index >= 15 is 0 Å². The molecule has 1 aliphatic heterocycles. The molecule has 0 bridgehead atoms. The van der Waals surface area contributed by atoms with Crippen LogP contribution in [-0.2, 0) is 35.1 Å². The fourth-order valence-corrected chi connectivity index (χ4v) is 5.71. The van der Waals surface area contributed by atoms with Crippen LogP contribution in [0.25, 0.3) is 0 Å². The van der Waals surface area contributed by atoms with Gasteiger partial charge in [-0.1, -0.05) is 38.0 Å². The number of aryl methyl sites for hydroxylation is 1. The maximum Gasteiger partial charge on any atom is 0.326 e. The Hall–Kier alpha value is -3.27. The number of aliphatic imine (C=N–C) groups is 1. The Balaban J connectivity index is 0.000000308. The predicted molar refractivity (Wildman–Crippen MR) is 172 cm³/mol. The molecule has 1 saturated carbocycles. The third kappa shape index (κ3) is 12.0. The molecule has 2 aliphatic rings. The molecule has 10 heteroatoms. The van der Waals surface area contributed by atoms with Crippen LogP contribution in [-0.4, -0.2) is 73.0 Å². The average molecular weight is 616 g/mol. The quantitative estimate of drug-likeness (QED) is 0.141. The third-order valence-corrected chi connectivity index (χ3v) is 8.05. The van der Waals surface area contributed by atoms with Crippen LogP contribution in [0, 0.1) is 11.3 Å². The van der Waals surface area contributed by atoms with Gasteiger partial charge in [-0.3, -0.25) is 24.2 Å². The molecule has 1 aromatic rings. The Morgan fingerprint density at radius 2 is 1.89 bits per heavy atom. The van der Waals surface area contributed by atoms with E-state index in [0.717, 1.165) is 49.8 Å². The van der Waals surface area contributed by atoms with Crippen molar-refractivity contribution in [2.45, 2.75) is 111 Å². The van der Waals surface area contributed by atoms with Gasteiger partial charge >= 0.3 is 5.97 Å². The number of hydrogen-bond donors (Lipinski definition) is 2. The van der Waals surface area contributed by atoms with Crippen LogP contribution in [0.4, 0.5) is 5.69 Å². The highest BCUT2D eigenvalue weighted by Gasteiger charge is 2.40. The van der Waals surface area contributed by atoms with Gasteiger partial charge < -0.3 is 24.8 Å². The Morgan fingerprint density at radius 1 is 1.20 bits per heavy atom. The summed E-state index contributed by atoms with van der Waals surface area (Å²) < 4.78 is 10.5. The lowest BCUT2D eigenvalue weighted by atomic mass is 9.76. The van der Waals surface area contributed by atoms with Crippen LogP contribution < -0.4 is 10.2 Å². The summed E-state index contributed by atoms with van der Waals surface area (Å²) in [5, 5.41) is 11.5. The largest absolute Gasteiger partial charge is 0.484 e. The summed E-state index contributed by atoms with van der Waals surface area (Å²) in [5.41, 5.74) is 1.06. The summed E-state index contributed by atoms with van der Waals surface area (Å²) in [4.78, 5) is 54.7. The number of anilines is 1. The lowest BCUT2D eigenvalue weighted by Gasteiger charge is -2.28. The highest BCUT2D eigenvalue weighted by molar-refractivity contribution is 6.00. The molecule has 0 saturated heterocycles. The van der Waals surface area contributed by atoms with Crippen LogP contribution in [0.5, 0.6) is 0 Å². The summed E-state index contributed by atoms with van der Waals surface area (Å²) in [6.07, 6.45) is 8.32.